The van der Waals surface area contributed by atoms with Crippen LogP contribution < -0.4 is 5.73 Å². The molecule has 1 saturated heterocycles. The van der Waals surface area contributed by atoms with E-state index in [0.29, 0.717) is 11.0 Å². The van der Waals surface area contributed by atoms with E-state index in [-0.39, 0.29) is 36.2 Å². The average Bonchev–Trinajstić information content (AvgIpc) is 3.60. The number of fused-ring (bicyclic) bond motifs is 1. The van der Waals surface area contributed by atoms with Crippen molar-refractivity contribution in [1.82, 2.24) is 14.5 Å². The number of aromatic nitrogens is 3. The Morgan fingerprint density at radius 1 is 1.00 bits per heavy atom. The van der Waals surface area contributed by atoms with E-state index in [4.69, 9.17) is 47.4 Å². The van der Waals surface area contributed by atoms with Gasteiger partial charge in [0.2, 0.25) is 10.9 Å². The number of ether oxygens (including phenoxy) is 5. The second-order valence-electron chi connectivity index (χ2n) is 13.4. The van der Waals surface area contributed by atoms with Crippen molar-refractivity contribution in [2.24, 2.45) is 23.2 Å². The van der Waals surface area contributed by atoms with Crippen molar-refractivity contribution in [3.63, 3.8) is 0 Å². The minimum absolute atomic E-state index is 0.0133. The van der Waals surface area contributed by atoms with E-state index in [1.165, 1.54) is 38.5 Å². The Bertz CT molecular complexity index is 1620. The zero-order chi connectivity index (χ0) is 31.9. The number of carbonyl (C=O) groups excluding carboxylic acids is 2. The Morgan fingerprint density at radius 2 is 1.72 bits per heavy atom. The third-order valence-corrected chi connectivity index (χ3v) is 10.4. The molecule has 0 unspecified atom stereocenters. The maximum atomic E-state index is 13.1. The van der Waals surface area contributed by atoms with Crippen LogP contribution >= 0.6 is 11.6 Å². The number of rotatable bonds is 9. The number of hydrogen-bond donors (Lipinski definition) is 1. The summed E-state index contributed by atoms with van der Waals surface area (Å²) in [6.45, 7) is -0.153. The van der Waals surface area contributed by atoms with Gasteiger partial charge in [-0.2, -0.15) is 4.98 Å². The van der Waals surface area contributed by atoms with E-state index in [1.54, 1.807) is 16.8 Å². The monoisotopic (exact) mass is 648 g/mol. The number of carbonyl (C=O) groups is 2. The van der Waals surface area contributed by atoms with Crippen LogP contribution in [0.15, 0.2) is 42.6 Å². The van der Waals surface area contributed by atoms with Crippen LogP contribution in [0.1, 0.15) is 63.2 Å². The summed E-state index contributed by atoms with van der Waals surface area (Å²) in [6.07, 6.45) is 12.8. The molecule has 8 rings (SSSR count). The topological polar surface area (TPSA) is 137 Å². The van der Waals surface area contributed by atoms with Gasteiger partial charge < -0.3 is 34.0 Å². The van der Waals surface area contributed by atoms with Gasteiger partial charge in [-0.25, -0.2) is 14.6 Å². The van der Waals surface area contributed by atoms with Crippen molar-refractivity contribution in [2.75, 3.05) is 18.9 Å². The number of nitrogens with zero attached hydrogens (tertiary/aromatic N) is 3. The lowest BCUT2D eigenvalue weighted by Crippen LogP contribution is -2.47. The minimum atomic E-state index is -1.64. The molecule has 4 bridgehead atoms. The summed E-state index contributed by atoms with van der Waals surface area (Å²) in [5, 5.41) is 0.527. The normalized spacial score (nSPS) is 31.0. The first kappa shape index (κ1) is 30.6. The number of benzene rings is 1. The Morgan fingerprint density at radius 3 is 2.41 bits per heavy atom. The third-order valence-electron chi connectivity index (χ3n) is 10.3. The average molecular weight is 649 g/mol. The molecule has 4 aliphatic carbocycles. The van der Waals surface area contributed by atoms with Crippen LogP contribution in [0.3, 0.4) is 0 Å². The fourth-order valence-corrected chi connectivity index (χ4v) is 8.80. The predicted molar refractivity (Wildman–Crippen MR) is 167 cm³/mol. The van der Waals surface area contributed by atoms with E-state index < -0.39 is 36.9 Å². The Balaban J connectivity index is 1.04. The number of nitrogens with two attached hydrogens (primary N) is 1. The van der Waals surface area contributed by atoms with Crippen LogP contribution in [-0.4, -0.2) is 51.8 Å². The van der Waals surface area contributed by atoms with Crippen molar-refractivity contribution in [1.29, 1.82) is 0 Å². The lowest BCUT2D eigenvalue weighted by molar-refractivity contribution is -0.107. The molecule has 11 nitrogen and oxygen atoms in total. The van der Waals surface area contributed by atoms with Gasteiger partial charge in [-0.15, -0.1) is 6.42 Å². The van der Waals surface area contributed by atoms with Gasteiger partial charge in [0.05, 0.1) is 12.0 Å². The highest BCUT2D eigenvalue weighted by Gasteiger charge is 2.53. The standard InChI is InChI=1S/C34H37ClN4O7/c1-2-34(20-44-31(40)43-19-21-6-4-3-5-7-21)26(15-27(46-34)39-10-8-25-28(36)37-30(35)38-29(25)39)45-32(41)42-11-9-33-16-22-12-23(17-33)14-24(13-22)18-33/h1,3-8,10,22-24,26-27H,9,11-20H2,(H2,36,37,38)/t22?,23?,24?,26-,27+,33?,34+/m0/s1. The molecular weight excluding hydrogens is 612 g/mol. The quantitative estimate of drug-likeness (QED) is 0.157. The second-order valence-corrected chi connectivity index (χ2v) is 13.7. The van der Waals surface area contributed by atoms with Gasteiger partial charge in [-0.05, 0) is 91.3 Å². The zero-order valence-electron chi connectivity index (χ0n) is 25.4. The van der Waals surface area contributed by atoms with Crippen molar-refractivity contribution < 1.29 is 33.3 Å². The van der Waals surface area contributed by atoms with Crippen LogP contribution in [-0.2, 0) is 30.3 Å². The fourth-order valence-electron chi connectivity index (χ4n) is 8.63. The van der Waals surface area contributed by atoms with Crippen molar-refractivity contribution in [3.8, 4) is 12.3 Å². The first-order valence-corrected chi connectivity index (χ1v) is 16.2. The van der Waals surface area contributed by atoms with Crippen LogP contribution in [0.25, 0.3) is 11.0 Å². The van der Waals surface area contributed by atoms with E-state index in [9.17, 15) is 9.59 Å². The van der Waals surface area contributed by atoms with Crippen molar-refractivity contribution >= 4 is 40.8 Å². The molecule has 2 aromatic heterocycles. The molecule has 3 heterocycles. The Labute approximate surface area is 272 Å². The lowest BCUT2D eigenvalue weighted by Gasteiger charge is -2.57. The number of terminal acetylenes is 1. The highest BCUT2D eigenvalue weighted by atomic mass is 35.5. The molecule has 0 spiro atoms. The first-order chi connectivity index (χ1) is 22.2. The van der Waals surface area contributed by atoms with Crippen LogP contribution in [0.4, 0.5) is 15.4 Å². The zero-order valence-corrected chi connectivity index (χ0v) is 26.2. The maximum absolute atomic E-state index is 13.1. The molecule has 0 amide bonds. The van der Waals surface area contributed by atoms with Gasteiger partial charge in [0, 0.05) is 12.6 Å². The minimum Gasteiger partial charge on any atom is -0.434 e. The van der Waals surface area contributed by atoms with Crippen molar-refractivity contribution in [2.45, 2.75) is 75.9 Å². The van der Waals surface area contributed by atoms with Gasteiger partial charge >= 0.3 is 12.3 Å². The summed E-state index contributed by atoms with van der Waals surface area (Å²) in [6, 6.07) is 10.9. The molecule has 1 aromatic carbocycles. The SMILES string of the molecule is C#C[C@]1(COC(=O)OCc2ccccc2)O[C@@H](n2ccc3c(N)nc(Cl)nc32)C[C@@H]1OC(=O)OCCC12CC3CC(CC(C3)C1)C2. The van der Waals surface area contributed by atoms with E-state index in [1.807, 2.05) is 30.3 Å². The molecule has 3 atom stereocenters. The van der Waals surface area contributed by atoms with Crippen molar-refractivity contribution in [3.05, 3.63) is 53.4 Å². The number of halogens is 1. The van der Waals surface area contributed by atoms with Gasteiger partial charge in [-0.1, -0.05) is 36.3 Å². The van der Waals surface area contributed by atoms with E-state index in [0.717, 1.165) is 29.7 Å². The van der Waals surface area contributed by atoms with E-state index >= 15 is 0 Å². The molecule has 5 fully saturated rings. The smallest absolute Gasteiger partial charge is 0.434 e. The maximum Gasteiger partial charge on any atom is 0.508 e. The molecule has 1 aliphatic heterocycles. The highest BCUT2D eigenvalue weighted by Crippen LogP contribution is 2.61. The molecule has 2 N–H and O–H groups in total. The number of hydrogen-bond acceptors (Lipinski definition) is 10. The largest absolute Gasteiger partial charge is 0.508 e. The highest BCUT2D eigenvalue weighted by molar-refractivity contribution is 6.28. The second kappa shape index (κ2) is 12.3. The molecule has 242 valence electrons. The molecule has 4 saturated carbocycles. The summed E-state index contributed by atoms with van der Waals surface area (Å²) >= 11 is 6.10. The summed E-state index contributed by atoms with van der Waals surface area (Å²) in [5.74, 6) is 5.21. The number of nitrogen functional groups attached to an aromatic ring is 1. The molecular formula is C34H37ClN4O7. The van der Waals surface area contributed by atoms with Gasteiger partial charge in [0.1, 0.15) is 30.9 Å². The summed E-state index contributed by atoms with van der Waals surface area (Å²) in [7, 11) is 0. The Kier molecular flexibility index (Phi) is 8.19. The van der Waals surface area contributed by atoms with Gasteiger partial charge in [0.25, 0.3) is 0 Å². The summed E-state index contributed by atoms with van der Waals surface area (Å²) < 4.78 is 30.2. The first-order valence-electron chi connectivity index (χ1n) is 15.9. The summed E-state index contributed by atoms with van der Waals surface area (Å²) in [4.78, 5) is 34.0. The van der Waals surface area contributed by atoms with Gasteiger partial charge in [0.15, 0.2) is 6.10 Å². The predicted octanol–water partition coefficient (Wildman–Crippen LogP) is 6.44. The fraction of sp³-hybridized carbons (Fsp3) is 0.529. The summed E-state index contributed by atoms with van der Waals surface area (Å²) in [5.41, 5.74) is 5.87. The molecule has 46 heavy (non-hydrogen) atoms. The van der Waals surface area contributed by atoms with Crippen LogP contribution in [0.2, 0.25) is 5.28 Å². The number of anilines is 1. The molecule has 12 heteroatoms. The third kappa shape index (κ3) is 6.08. The van der Waals surface area contributed by atoms with Crippen LogP contribution in [0, 0.1) is 35.5 Å². The molecule has 0 radical (unpaired) electrons. The Hall–Kier alpha value is -4.01. The molecule has 3 aromatic rings. The molecule has 5 aliphatic rings. The lowest BCUT2D eigenvalue weighted by atomic mass is 9.49. The van der Waals surface area contributed by atoms with E-state index in [2.05, 4.69) is 15.9 Å². The van der Waals surface area contributed by atoms with Gasteiger partial charge in [-0.3, -0.25) is 0 Å². The van der Waals surface area contributed by atoms with Crippen LogP contribution in [0.5, 0.6) is 0 Å².